The van der Waals surface area contributed by atoms with E-state index < -0.39 is 0 Å². The number of anilines is 1. The number of aryl methyl sites for hydroxylation is 1. The SMILES string of the molecule is Cc1ccc(C2=C(C(=O)c3nn(C(C)C)c4ccccc34)Nc3ccccc3S2)c(O)c1. The Balaban J connectivity index is 1.72. The van der Waals surface area contributed by atoms with Gasteiger partial charge in [-0.3, -0.25) is 9.48 Å². The third-order valence-electron chi connectivity index (χ3n) is 5.53. The first-order chi connectivity index (χ1) is 15.4. The second kappa shape index (κ2) is 7.88. The second-order valence-electron chi connectivity index (χ2n) is 8.18. The van der Waals surface area contributed by atoms with E-state index in [9.17, 15) is 9.90 Å². The first-order valence-corrected chi connectivity index (χ1v) is 11.4. The van der Waals surface area contributed by atoms with Gasteiger partial charge in [-0.1, -0.05) is 48.2 Å². The van der Waals surface area contributed by atoms with E-state index in [1.165, 1.54) is 11.8 Å². The summed E-state index contributed by atoms with van der Waals surface area (Å²) in [5.74, 6) is -0.0471. The van der Waals surface area contributed by atoms with Gasteiger partial charge in [0.2, 0.25) is 5.78 Å². The molecule has 3 aromatic carbocycles. The lowest BCUT2D eigenvalue weighted by molar-refractivity contribution is 0.103. The zero-order valence-electron chi connectivity index (χ0n) is 18.1. The van der Waals surface area contributed by atoms with Crippen molar-refractivity contribution >= 4 is 39.0 Å². The summed E-state index contributed by atoms with van der Waals surface area (Å²) < 4.78 is 1.88. The zero-order chi connectivity index (χ0) is 22.4. The highest BCUT2D eigenvalue weighted by atomic mass is 32.2. The number of benzene rings is 3. The maximum atomic E-state index is 13.9. The van der Waals surface area contributed by atoms with Crippen LogP contribution < -0.4 is 5.32 Å². The molecule has 1 aliphatic rings. The van der Waals surface area contributed by atoms with Crippen LogP contribution >= 0.6 is 11.8 Å². The molecule has 0 atom stereocenters. The standard InChI is InChI=1S/C26H23N3O2S/c1-15(2)29-20-10-6-4-8-17(20)23(28-29)25(31)24-26(18-13-12-16(3)14-21(18)30)32-22-11-7-5-9-19(22)27-24/h4-15,27,30H,1-3H3. The van der Waals surface area contributed by atoms with Crippen molar-refractivity contribution in [2.75, 3.05) is 5.32 Å². The van der Waals surface area contributed by atoms with Crippen LogP contribution in [0.1, 0.15) is 41.5 Å². The summed E-state index contributed by atoms with van der Waals surface area (Å²) in [6.45, 7) is 6.03. The molecule has 0 fully saturated rings. The molecule has 5 rings (SSSR count). The van der Waals surface area contributed by atoms with E-state index in [0.717, 1.165) is 27.0 Å². The lowest BCUT2D eigenvalue weighted by atomic mass is 10.0. The first kappa shape index (κ1) is 20.4. The van der Waals surface area contributed by atoms with Gasteiger partial charge in [-0.05, 0) is 56.7 Å². The number of nitrogens with one attached hydrogen (secondary N) is 1. The predicted molar refractivity (Wildman–Crippen MR) is 130 cm³/mol. The van der Waals surface area contributed by atoms with Gasteiger partial charge in [0.1, 0.15) is 17.1 Å². The average molecular weight is 442 g/mol. The Morgan fingerprint density at radius 1 is 1.06 bits per heavy atom. The predicted octanol–water partition coefficient (Wildman–Crippen LogP) is 6.40. The van der Waals surface area contributed by atoms with Gasteiger partial charge in [-0.2, -0.15) is 5.10 Å². The van der Waals surface area contributed by atoms with E-state index in [4.69, 9.17) is 5.10 Å². The summed E-state index contributed by atoms with van der Waals surface area (Å²) >= 11 is 1.48. The molecule has 0 saturated carbocycles. The number of ketones is 1. The first-order valence-electron chi connectivity index (χ1n) is 10.5. The van der Waals surface area contributed by atoms with Gasteiger partial charge in [0, 0.05) is 21.9 Å². The minimum atomic E-state index is -0.197. The van der Waals surface area contributed by atoms with Crippen molar-refractivity contribution in [1.29, 1.82) is 0 Å². The van der Waals surface area contributed by atoms with Crippen LogP contribution in [-0.4, -0.2) is 20.7 Å². The summed E-state index contributed by atoms with van der Waals surface area (Å²) in [5.41, 5.74) is 4.20. The molecule has 4 aromatic rings. The van der Waals surface area contributed by atoms with E-state index in [0.29, 0.717) is 21.9 Å². The summed E-state index contributed by atoms with van der Waals surface area (Å²) in [4.78, 5) is 15.6. The van der Waals surface area contributed by atoms with Crippen LogP contribution in [0.25, 0.3) is 15.8 Å². The molecule has 160 valence electrons. The minimum absolute atomic E-state index is 0.116. The lowest BCUT2D eigenvalue weighted by Crippen LogP contribution is -2.18. The van der Waals surface area contributed by atoms with Crippen LogP contribution in [0, 0.1) is 6.92 Å². The Morgan fingerprint density at radius 2 is 1.81 bits per heavy atom. The summed E-state index contributed by atoms with van der Waals surface area (Å²) in [6.07, 6.45) is 0. The van der Waals surface area contributed by atoms with Crippen molar-refractivity contribution in [2.45, 2.75) is 31.7 Å². The number of phenols is 1. The number of allylic oxidation sites excluding steroid dienone is 1. The molecule has 0 radical (unpaired) electrons. The summed E-state index contributed by atoms with van der Waals surface area (Å²) in [6, 6.07) is 21.3. The van der Waals surface area contributed by atoms with Crippen molar-refractivity contribution in [3.8, 4) is 5.75 Å². The Morgan fingerprint density at radius 3 is 2.59 bits per heavy atom. The third kappa shape index (κ3) is 3.37. The number of Topliss-reactive ketones (excluding diaryl/α,β-unsaturated/α-hetero) is 1. The highest BCUT2D eigenvalue weighted by molar-refractivity contribution is 8.08. The Kier molecular flexibility index (Phi) is 5.02. The number of carbonyl (C=O) groups excluding carboxylic acids is 1. The number of nitrogens with zero attached hydrogens (tertiary/aromatic N) is 2. The number of aromatic nitrogens is 2. The zero-order valence-corrected chi connectivity index (χ0v) is 18.9. The van der Waals surface area contributed by atoms with Crippen LogP contribution in [0.3, 0.4) is 0 Å². The quantitative estimate of drug-likeness (QED) is 0.359. The van der Waals surface area contributed by atoms with Crippen LogP contribution in [-0.2, 0) is 0 Å². The van der Waals surface area contributed by atoms with E-state index in [1.807, 2.05) is 86.1 Å². The van der Waals surface area contributed by atoms with Gasteiger partial charge in [-0.15, -0.1) is 0 Å². The number of para-hydroxylation sites is 2. The topological polar surface area (TPSA) is 67.2 Å². The maximum Gasteiger partial charge on any atom is 0.231 e. The molecule has 2 N–H and O–H groups in total. The number of aromatic hydroxyl groups is 1. The van der Waals surface area contributed by atoms with Crippen LogP contribution in [0.5, 0.6) is 5.75 Å². The Hall–Kier alpha value is -3.51. The molecular weight excluding hydrogens is 418 g/mol. The fourth-order valence-corrected chi connectivity index (χ4v) is 5.09. The maximum absolute atomic E-state index is 13.9. The third-order valence-corrected chi connectivity index (χ3v) is 6.73. The van der Waals surface area contributed by atoms with Crippen molar-refractivity contribution in [2.24, 2.45) is 0 Å². The van der Waals surface area contributed by atoms with E-state index in [1.54, 1.807) is 6.07 Å². The minimum Gasteiger partial charge on any atom is -0.507 e. The largest absolute Gasteiger partial charge is 0.507 e. The van der Waals surface area contributed by atoms with E-state index >= 15 is 0 Å². The number of rotatable bonds is 4. The number of phenolic OH excluding ortho intramolecular Hbond substituents is 1. The van der Waals surface area contributed by atoms with Crippen molar-refractivity contribution in [1.82, 2.24) is 9.78 Å². The molecule has 0 saturated heterocycles. The molecule has 6 heteroatoms. The van der Waals surface area contributed by atoms with Crippen molar-refractivity contribution < 1.29 is 9.90 Å². The molecule has 0 aliphatic carbocycles. The molecular formula is C26H23N3O2S. The van der Waals surface area contributed by atoms with Crippen molar-refractivity contribution in [3.63, 3.8) is 0 Å². The van der Waals surface area contributed by atoms with Crippen LogP contribution in [0.15, 0.2) is 77.3 Å². The number of hydrogen-bond donors (Lipinski definition) is 2. The number of carbonyl (C=O) groups is 1. The fraction of sp³-hybridized carbons (Fsp3) is 0.154. The van der Waals surface area contributed by atoms with Crippen molar-refractivity contribution in [3.05, 3.63) is 89.2 Å². The molecule has 1 aliphatic heterocycles. The van der Waals surface area contributed by atoms with E-state index in [2.05, 4.69) is 5.32 Å². The smallest absolute Gasteiger partial charge is 0.231 e. The number of fused-ring (bicyclic) bond motifs is 2. The Labute approximate surface area is 190 Å². The van der Waals surface area contributed by atoms with E-state index in [-0.39, 0.29) is 17.6 Å². The number of hydrogen-bond acceptors (Lipinski definition) is 5. The normalized spacial score (nSPS) is 13.4. The van der Waals surface area contributed by atoms with Crippen LogP contribution in [0.4, 0.5) is 5.69 Å². The molecule has 1 aromatic heterocycles. The molecule has 0 unspecified atom stereocenters. The Bertz CT molecular complexity index is 1400. The lowest BCUT2D eigenvalue weighted by Gasteiger charge is -2.24. The van der Waals surface area contributed by atoms with Gasteiger partial charge < -0.3 is 10.4 Å². The highest BCUT2D eigenvalue weighted by Gasteiger charge is 2.29. The fourth-order valence-electron chi connectivity index (χ4n) is 3.96. The molecule has 0 spiro atoms. The number of thioether (sulfide) groups is 1. The molecule has 5 nitrogen and oxygen atoms in total. The molecule has 0 bridgehead atoms. The molecule has 0 amide bonds. The molecule has 2 heterocycles. The summed E-state index contributed by atoms with van der Waals surface area (Å²) in [7, 11) is 0. The van der Waals surface area contributed by atoms with Crippen LogP contribution in [0.2, 0.25) is 0 Å². The second-order valence-corrected chi connectivity index (χ2v) is 9.23. The summed E-state index contributed by atoms with van der Waals surface area (Å²) in [5, 5.41) is 19.6. The van der Waals surface area contributed by atoms with Gasteiger partial charge in [0.25, 0.3) is 0 Å². The molecule has 32 heavy (non-hydrogen) atoms. The monoisotopic (exact) mass is 441 g/mol. The van der Waals surface area contributed by atoms with Gasteiger partial charge in [-0.25, -0.2) is 0 Å². The highest BCUT2D eigenvalue weighted by Crippen LogP contribution is 2.47. The van der Waals surface area contributed by atoms with Gasteiger partial charge in [0.05, 0.1) is 16.1 Å². The van der Waals surface area contributed by atoms with Gasteiger partial charge in [0.15, 0.2) is 0 Å². The average Bonchev–Trinajstić information content (AvgIpc) is 3.18. The van der Waals surface area contributed by atoms with Gasteiger partial charge >= 0.3 is 0 Å².